The molecule has 0 aromatic carbocycles. The van der Waals surface area contributed by atoms with Crippen molar-refractivity contribution in [3.63, 3.8) is 0 Å². The molecule has 1 heterocycles. The molecule has 0 bridgehead atoms. The molecule has 0 radical (unpaired) electrons. The van der Waals surface area contributed by atoms with Gasteiger partial charge in [-0.2, -0.15) is 13.2 Å². The Balaban J connectivity index is 2.77. The van der Waals surface area contributed by atoms with Crippen LogP contribution in [0.5, 0.6) is 0 Å². The molecule has 0 saturated heterocycles. The smallest absolute Gasteiger partial charge is 0.240 e. The summed E-state index contributed by atoms with van der Waals surface area (Å²) in [4.78, 5) is 3.81. The first-order chi connectivity index (χ1) is 5.54. The summed E-state index contributed by atoms with van der Waals surface area (Å²) in [6.45, 7) is 0. The topological polar surface area (TPSA) is 12.9 Å². The van der Waals surface area contributed by atoms with Gasteiger partial charge in [0.2, 0.25) is 0 Å². The van der Waals surface area contributed by atoms with Gasteiger partial charge >= 0.3 is 6.18 Å². The number of aryl methyl sites for hydroxylation is 1. The van der Waals surface area contributed by atoms with Crippen molar-refractivity contribution in [2.45, 2.75) is 12.6 Å². The number of aromatic nitrogens is 1. The van der Waals surface area contributed by atoms with Gasteiger partial charge in [0.1, 0.15) is 0 Å². The number of rotatable bonds is 2. The Kier molecular flexibility index (Phi) is 2.95. The standard InChI is InChI=1S/C6H5ClF3NS/c7-2-1-4-3-11-5(12-4)6(8,9)10/h3H,1-2H2. The molecule has 0 amide bonds. The van der Waals surface area contributed by atoms with Crippen LogP contribution in [0.3, 0.4) is 0 Å². The number of halogens is 4. The van der Waals surface area contributed by atoms with Crippen LogP contribution >= 0.6 is 22.9 Å². The molecule has 0 aliphatic rings. The molecule has 1 aromatic rings. The van der Waals surface area contributed by atoms with Crippen molar-refractivity contribution in [1.82, 2.24) is 4.98 Å². The summed E-state index contributed by atoms with van der Waals surface area (Å²) in [5.41, 5.74) is 0. The third kappa shape index (κ3) is 2.35. The zero-order valence-electron chi connectivity index (χ0n) is 5.86. The maximum Gasteiger partial charge on any atom is 0.443 e. The fraction of sp³-hybridized carbons (Fsp3) is 0.500. The van der Waals surface area contributed by atoms with Gasteiger partial charge in [-0.3, -0.25) is 0 Å². The van der Waals surface area contributed by atoms with E-state index in [1.807, 2.05) is 0 Å². The highest BCUT2D eigenvalue weighted by Gasteiger charge is 2.34. The van der Waals surface area contributed by atoms with E-state index in [1.165, 1.54) is 6.20 Å². The molecule has 1 aromatic heterocycles. The van der Waals surface area contributed by atoms with Crippen molar-refractivity contribution < 1.29 is 13.2 Å². The van der Waals surface area contributed by atoms with Crippen molar-refractivity contribution in [3.8, 4) is 0 Å². The molecule has 0 saturated carbocycles. The summed E-state index contributed by atoms with van der Waals surface area (Å²) in [6.07, 6.45) is -2.67. The fourth-order valence-corrected chi connectivity index (χ4v) is 1.74. The first-order valence-electron chi connectivity index (χ1n) is 3.12. The molecule has 0 N–H and O–H groups in total. The maximum atomic E-state index is 12.0. The number of hydrogen-bond acceptors (Lipinski definition) is 2. The van der Waals surface area contributed by atoms with Gasteiger partial charge in [0.05, 0.1) is 0 Å². The molecule has 0 aliphatic carbocycles. The second-order valence-electron chi connectivity index (χ2n) is 2.07. The predicted molar refractivity (Wildman–Crippen MR) is 41.5 cm³/mol. The minimum atomic E-state index is -4.32. The summed E-state index contributed by atoms with van der Waals surface area (Å²) in [7, 11) is 0. The van der Waals surface area contributed by atoms with Crippen molar-refractivity contribution in [1.29, 1.82) is 0 Å². The number of alkyl halides is 4. The molecular formula is C6H5ClF3NS. The SMILES string of the molecule is FC(F)(F)c1ncc(CCCl)s1. The van der Waals surface area contributed by atoms with Gasteiger partial charge in [0.15, 0.2) is 5.01 Å². The average Bonchev–Trinajstić information content (AvgIpc) is 2.35. The minimum Gasteiger partial charge on any atom is -0.240 e. The third-order valence-electron chi connectivity index (χ3n) is 1.14. The van der Waals surface area contributed by atoms with Crippen LogP contribution in [0.25, 0.3) is 0 Å². The highest BCUT2D eigenvalue weighted by Crippen LogP contribution is 2.32. The maximum absolute atomic E-state index is 12.0. The van der Waals surface area contributed by atoms with Crippen molar-refractivity contribution in [2.24, 2.45) is 0 Å². The number of thiazole rings is 1. The fourth-order valence-electron chi connectivity index (χ4n) is 0.647. The lowest BCUT2D eigenvalue weighted by atomic mass is 10.4. The lowest BCUT2D eigenvalue weighted by Gasteiger charge is -1.98. The molecule has 12 heavy (non-hydrogen) atoms. The van der Waals surface area contributed by atoms with Crippen LogP contribution in [0.2, 0.25) is 0 Å². The average molecular weight is 216 g/mol. The van der Waals surface area contributed by atoms with Gasteiger partial charge in [0.25, 0.3) is 0 Å². The van der Waals surface area contributed by atoms with Gasteiger partial charge in [-0.25, -0.2) is 4.98 Å². The monoisotopic (exact) mass is 215 g/mol. The number of hydrogen-bond donors (Lipinski definition) is 0. The first-order valence-corrected chi connectivity index (χ1v) is 4.47. The van der Waals surface area contributed by atoms with E-state index in [2.05, 4.69) is 4.98 Å². The lowest BCUT2D eigenvalue weighted by molar-refractivity contribution is -0.137. The second kappa shape index (κ2) is 3.62. The van der Waals surface area contributed by atoms with Crippen LogP contribution < -0.4 is 0 Å². The minimum absolute atomic E-state index is 0.319. The van der Waals surface area contributed by atoms with Gasteiger partial charge < -0.3 is 0 Å². The molecule has 0 aliphatic heterocycles. The van der Waals surface area contributed by atoms with E-state index in [-0.39, 0.29) is 0 Å². The Hall–Kier alpha value is -0.290. The molecule has 0 atom stereocenters. The molecule has 0 spiro atoms. The van der Waals surface area contributed by atoms with Gasteiger partial charge in [-0.15, -0.1) is 22.9 Å². The highest BCUT2D eigenvalue weighted by molar-refractivity contribution is 7.11. The van der Waals surface area contributed by atoms with Gasteiger partial charge in [-0.1, -0.05) is 0 Å². The van der Waals surface area contributed by atoms with Crippen LogP contribution in [0.15, 0.2) is 6.20 Å². The second-order valence-corrected chi connectivity index (χ2v) is 3.56. The van der Waals surface area contributed by atoms with E-state index in [0.717, 1.165) is 0 Å². The van der Waals surface area contributed by atoms with E-state index in [1.54, 1.807) is 0 Å². The summed E-state index contributed by atoms with van der Waals surface area (Å²) < 4.78 is 35.9. The van der Waals surface area contributed by atoms with Crippen LogP contribution in [0, 0.1) is 0 Å². The number of nitrogens with zero attached hydrogens (tertiary/aromatic N) is 1. The van der Waals surface area contributed by atoms with E-state index in [0.29, 0.717) is 28.5 Å². The molecule has 1 nitrogen and oxygen atoms in total. The normalized spacial score (nSPS) is 12.0. The van der Waals surface area contributed by atoms with Crippen LogP contribution in [0.4, 0.5) is 13.2 Å². The van der Waals surface area contributed by atoms with Gasteiger partial charge in [0, 0.05) is 17.0 Å². The molecule has 68 valence electrons. The van der Waals surface area contributed by atoms with E-state index in [4.69, 9.17) is 11.6 Å². The zero-order chi connectivity index (χ0) is 9.19. The molecule has 6 heteroatoms. The summed E-state index contributed by atoms with van der Waals surface area (Å²) >= 11 is 6.00. The van der Waals surface area contributed by atoms with E-state index >= 15 is 0 Å². The summed E-state index contributed by atoms with van der Waals surface area (Å²) in [5.74, 6) is 0.319. The zero-order valence-corrected chi connectivity index (χ0v) is 7.43. The lowest BCUT2D eigenvalue weighted by Crippen LogP contribution is -2.02. The van der Waals surface area contributed by atoms with Crippen LogP contribution in [0.1, 0.15) is 9.88 Å². The summed E-state index contributed by atoms with van der Waals surface area (Å²) in [6, 6.07) is 0. The predicted octanol–water partition coefficient (Wildman–Crippen LogP) is 2.94. The quantitative estimate of drug-likeness (QED) is 0.692. The van der Waals surface area contributed by atoms with Crippen LogP contribution in [-0.4, -0.2) is 10.9 Å². The van der Waals surface area contributed by atoms with Gasteiger partial charge in [-0.05, 0) is 6.42 Å². The molecule has 0 fully saturated rings. The Bertz CT molecular complexity index is 258. The summed E-state index contributed by atoms with van der Waals surface area (Å²) in [5, 5.41) is -0.803. The Morgan fingerprint density at radius 3 is 2.58 bits per heavy atom. The Labute approximate surface area is 76.2 Å². The van der Waals surface area contributed by atoms with Crippen molar-refractivity contribution >= 4 is 22.9 Å². The van der Waals surface area contributed by atoms with Crippen molar-refractivity contribution in [2.75, 3.05) is 5.88 Å². The Morgan fingerprint density at radius 1 is 1.50 bits per heavy atom. The van der Waals surface area contributed by atoms with E-state index in [9.17, 15) is 13.2 Å². The molecule has 0 unspecified atom stereocenters. The Morgan fingerprint density at radius 2 is 2.17 bits per heavy atom. The molecule has 1 rings (SSSR count). The van der Waals surface area contributed by atoms with Crippen molar-refractivity contribution in [3.05, 3.63) is 16.1 Å². The largest absolute Gasteiger partial charge is 0.443 e. The van der Waals surface area contributed by atoms with Crippen LogP contribution in [-0.2, 0) is 12.6 Å². The molecular weight excluding hydrogens is 211 g/mol. The van der Waals surface area contributed by atoms with E-state index < -0.39 is 11.2 Å². The first kappa shape index (κ1) is 9.80. The third-order valence-corrected chi connectivity index (χ3v) is 2.43. The highest BCUT2D eigenvalue weighted by atomic mass is 35.5.